The van der Waals surface area contributed by atoms with Crippen LogP contribution in [0, 0.1) is 5.92 Å². The fourth-order valence-electron chi connectivity index (χ4n) is 4.01. The highest BCUT2D eigenvalue weighted by molar-refractivity contribution is 7.91. The first-order chi connectivity index (χ1) is 16.9. The molecule has 1 aromatic carbocycles. The van der Waals surface area contributed by atoms with E-state index in [-0.39, 0.29) is 34.9 Å². The minimum absolute atomic E-state index is 0.00177. The van der Waals surface area contributed by atoms with E-state index >= 15 is 0 Å². The summed E-state index contributed by atoms with van der Waals surface area (Å²) in [5.41, 5.74) is 0.367. The summed E-state index contributed by atoms with van der Waals surface area (Å²) in [4.78, 5) is 27.6. The van der Waals surface area contributed by atoms with Gasteiger partial charge in [0.25, 0.3) is 0 Å². The van der Waals surface area contributed by atoms with Crippen molar-refractivity contribution in [3.8, 4) is 0 Å². The number of halogens is 3. The van der Waals surface area contributed by atoms with E-state index in [0.29, 0.717) is 23.1 Å². The number of rotatable bonds is 7. The molecule has 13 heteroatoms. The molecule has 2 aromatic heterocycles. The molecule has 3 aromatic rings. The van der Waals surface area contributed by atoms with Crippen LogP contribution in [-0.2, 0) is 33.8 Å². The molecule has 1 N–H and O–H groups in total. The second-order valence-corrected chi connectivity index (χ2v) is 12.0. The highest BCUT2D eigenvalue weighted by Crippen LogP contribution is 2.44. The molecule has 0 saturated heterocycles. The second kappa shape index (κ2) is 9.77. The van der Waals surface area contributed by atoms with Gasteiger partial charge in [-0.25, -0.2) is 23.4 Å². The zero-order valence-corrected chi connectivity index (χ0v) is 21.3. The molecule has 192 valence electrons. The Morgan fingerprint density at radius 2 is 1.89 bits per heavy atom. The number of sulfone groups is 1. The molecule has 36 heavy (non-hydrogen) atoms. The smallest absolute Gasteiger partial charge is 0.341 e. The van der Waals surface area contributed by atoms with Crippen molar-refractivity contribution in [3.05, 3.63) is 58.5 Å². The van der Waals surface area contributed by atoms with Crippen LogP contribution in [0.25, 0.3) is 0 Å². The van der Waals surface area contributed by atoms with Gasteiger partial charge in [-0.3, -0.25) is 4.79 Å². The van der Waals surface area contributed by atoms with Gasteiger partial charge in [0, 0.05) is 0 Å². The van der Waals surface area contributed by atoms with Crippen molar-refractivity contribution in [2.75, 3.05) is 16.0 Å². The van der Waals surface area contributed by atoms with Crippen molar-refractivity contribution in [3.63, 3.8) is 0 Å². The largest absolute Gasteiger partial charge is 0.434 e. The molecule has 3 heterocycles. The molecule has 1 amide bonds. The Labute approximate surface area is 210 Å². The highest BCUT2D eigenvalue weighted by atomic mass is 32.2. The standard InChI is InChI=1S/C23H24F3N5O3S2/c1-4-36(33,34)15-7-5-14(6-8-15)9-19(32)29-22-30-20-16(35-22)12-31(21(20)13(2)3)18-11-27-17(10-28-18)23(24,25)26/h5-8,10-11,13,21H,4,9,12H2,1-3H3,(H,29,30,32). The maximum atomic E-state index is 12.9. The molecular weight excluding hydrogens is 515 g/mol. The van der Waals surface area contributed by atoms with E-state index in [0.717, 1.165) is 23.0 Å². The molecule has 1 aliphatic heterocycles. The van der Waals surface area contributed by atoms with Crippen LogP contribution in [0.5, 0.6) is 0 Å². The molecule has 8 nitrogen and oxygen atoms in total. The molecule has 0 spiro atoms. The predicted molar refractivity (Wildman–Crippen MR) is 129 cm³/mol. The number of hydrogen-bond acceptors (Lipinski definition) is 8. The van der Waals surface area contributed by atoms with Crippen molar-refractivity contribution >= 4 is 38.0 Å². The van der Waals surface area contributed by atoms with Gasteiger partial charge in [0.2, 0.25) is 5.91 Å². The molecule has 1 unspecified atom stereocenters. The second-order valence-electron chi connectivity index (χ2n) is 8.67. The maximum Gasteiger partial charge on any atom is 0.434 e. The van der Waals surface area contributed by atoms with E-state index in [1.807, 2.05) is 18.7 Å². The molecule has 0 radical (unpaired) electrons. The van der Waals surface area contributed by atoms with Crippen LogP contribution in [0.4, 0.5) is 24.1 Å². The number of amides is 1. The number of fused-ring (bicyclic) bond motifs is 1. The zero-order chi connectivity index (χ0) is 26.3. The minimum atomic E-state index is -4.56. The van der Waals surface area contributed by atoms with Crippen LogP contribution in [0.2, 0.25) is 0 Å². The molecule has 0 aliphatic carbocycles. The average Bonchev–Trinajstić information content (AvgIpc) is 3.36. The number of benzene rings is 1. The van der Waals surface area contributed by atoms with Gasteiger partial charge in [-0.2, -0.15) is 13.2 Å². The summed E-state index contributed by atoms with van der Waals surface area (Å²) in [5.74, 6) is 0.104. The van der Waals surface area contributed by atoms with Gasteiger partial charge in [-0.05, 0) is 23.6 Å². The Balaban J connectivity index is 1.45. The Morgan fingerprint density at radius 1 is 1.19 bits per heavy atom. The monoisotopic (exact) mass is 539 g/mol. The van der Waals surface area contributed by atoms with E-state index in [2.05, 4.69) is 20.3 Å². The summed E-state index contributed by atoms with van der Waals surface area (Å²) in [6.45, 7) is 5.91. The van der Waals surface area contributed by atoms with Gasteiger partial charge in [-0.1, -0.05) is 44.2 Å². The highest BCUT2D eigenvalue weighted by Gasteiger charge is 2.38. The van der Waals surface area contributed by atoms with Crippen LogP contribution in [0.3, 0.4) is 0 Å². The molecule has 1 atom stereocenters. The van der Waals surface area contributed by atoms with Crippen LogP contribution >= 0.6 is 11.3 Å². The number of anilines is 2. The average molecular weight is 540 g/mol. The number of hydrogen-bond donors (Lipinski definition) is 1. The van der Waals surface area contributed by atoms with E-state index in [1.54, 1.807) is 19.1 Å². The summed E-state index contributed by atoms with van der Waals surface area (Å²) in [7, 11) is -3.31. The van der Waals surface area contributed by atoms with Crippen molar-refractivity contribution in [1.29, 1.82) is 0 Å². The predicted octanol–water partition coefficient (Wildman–Crippen LogP) is 4.64. The third kappa shape index (κ3) is 5.36. The Bertz CT molecular complexity index is 1360. The SMILES string of the molecule is CCS(=O)(=O)c1ccc(CC(=O)Nc2nc3c(s2)CN(c2cnc(C(F)(F)F)cn2)C3C(C)C)cc1. The molecule has 1 aliphatic rings. The van der Waals surface area contributed by atoms with Crippen molar-refractivity contribution in [1.82, 2.24) is 15.0 Å². The van der Waals surface area contributed by atoms with Gasteiger partial charge in [0.05, 0.1) is 52.6 Å². The number of alkyl halides is 3. The number of nitrogens with zero attached hydrogens (tertiary/aromatic N) is 4. The third-order valence-corrected chi connectivity index (χ3v) is 8.51. The topological polar surface area (TPSA) is 105 Å². The first-order valence-corrected chi connectivity index (χ1v) is 13.6. The quantitative estimate of drug-likeness (QED) is 0.466. The third-order valence-electron chi connectivity index (χ3n) is 5.79. The number of nitrogens with one attached hydrogen (secondary N) is 1. The zero-order valence-electron chi connectivity index (χ0n) is 19.7. The summed E-state index contributed by atoms with van der Waals surface area (Å²) in [6.07, 6.45) is -2.66. The molecular formula is C23H24F3N5O3S2. The first kappa shape index (κ1) is 26.0. The lowest BCUT2D eigenvalue weighted by Gasteiger charge is -2.28. The minimum Gasteiger partial charge on any atom is -0.341 e. The summed E-state index contributed by atoms with van der Waals surface area (Å²) >= 11 is 1.30. The normalized spacial score (nSPS) is 15.9. The lowest BCUT2D eigenvalue weighted by molar-refractivity contribution is -0.141. The number of carbonyl (C=O) groups is 1. The Hall–Kier alpha value is -3.06. The lowest BCUT2D eigenvalue weighted by Crippen LogP contribution is -2.27. The Morgan fingerprint density at radius 3 is 2.44 bits per heavy atom. The lowest BCUT2D eigenvalue weighted by atomic mass is 10.0. The van der Waals surface area contributed by atoms with Gasteiger partial charge in [0.1, 0.15) is 5.82 Å². The van der Waals surface area contributed by atoms with Gasteiger partial charge in [-0.15, -0.1) is 0 Å². The van der Waals surface area contributed by atoms with Crippen molar-refractivity contribution in [2.45, 2.75) is 50.9 Å². The number of thiazole rings is 1. The molecule has 0 saturated carbocycles. The first-order valence-electron chi connectivity index (χ1n) is 11.2. The summed E-state index contributed by atoms with van der Waals surface area (Å²) in [6, 6.07) is 5.97. The van der Waals surface area contributed by atoms with E-state index in [1.165, 1.54) is 23.5 Å². The fraction of sp³-hybridized carbons (Fsp3) is 0.391. The molecule has 0 bridgehead atoms. The number of carbonyl (C=O) groups excluding carboxylic acids is 1. The maximum absolute atomic E-state index is 12.9. The molecule has 0 fully saturated rings. The van der Waals surface area contributed by atoms with Crippen LogP contribution in [0.1, 0.15) is 48.6 Å². The van der Waals surface area contributed by atoms with Crippen molar-refractivity contribution < 1.29 is 26.4 Å². The summed E-state index contributed by atoms with van der Waals surface area (Å²) < 4.78 is 62.4. The van der Waals surface area contributed by atoms with Crippen LogP contribution < -0.4 is 10.2 Å². The molecule has 4 rings (SSSR count). The van der Waals surface area contributed by atoms with E-state index in [9.17, 15) is 26.4 Å². The van der Waals surface area contributed by atoms with Gasteiger partial charge < -0.3 is 10.2 Å². The summed E-state index contributed by atoms with van der Waals surface area (Å²) in [5, 5.41) is 3.22. The van der Waals surface area contributed by atoms with Gasteiger partial charge in [0.15, 0.2) is 20.7 Å². The van der Waals surface area contributed by atoms with E-state index in [4.69, 9.17) is 0 Å². The van der Waals surface area contributed by atoms with Crippen LogP contribution in [0.15, 0.2) is 41.6 Å². The Kier molecular flexibility index (Phi) is 7.06. The number of aromatic nitrogens is 3. The van der Waals surface area contributed by atoms with E-state index < -0.39 is 21.7 Å². The van der Waals surface area contributed by atoms with Gasteiger partial charge >= 0.3 is 6.18 Å². The van der Waals surface area contributed by atoms with Crippen molar-refractivity contribution in [2.24, 2.45) is 5.92 Å². The van der Waals surface area contributed by atoms with Crippen LogP contribution in [-0.4, -0.2) is 35.0 Å². The fourth-order valence-corrected chi connectivity index (χ4v) is 5.91.